The number of carbonyl (C=O) groups is 2. The molecule has 0 bridgehead atoms. The van der Waals surface area contributed by atoms with Crippen molar-refractivity contribution in [3.05, 3.63) is 89.6 Å². The Hall–Kier alpha value is -3.56. The zero-order chi connectivity index (χ0) is 77.6. The minimum Gasteiger partial charge on any atom is -0.307 e. The molecular weight excluding hydrogens is 1410 g/mol. The van der Waals surface area contributed by atoms with Gasteiger partial charge in [-0.3, -0.25) is 9.59 Å². The topological polar surface area (TPSA) is 40.6 Å². The first-order chi connectivity index (χ1) is 54.1. The summed E-state index contributed by atoms with van der Waals surface area (Å²) in [5.41, 5.74) is 6.97. The maximum Gasteiger partial charge on any atom is 0.260 e. The van der Waals surface area contributed by atoms with Gasteiger partial charge in [0.25, 0.3) is 11.8 Å². The summed E-state index contributed by atoms with van der Waals surface area (Å²) in [6.45, 7) is 20.0. The Morgan fingerprint density at radius 2 is 0.555 bits per heavy atom. The van der Waals surface area contributed by atoms with Crippen LogP contribution in [0.5, 0.6) is 0 Å². The van der Waals surface area contributed by atoms with Crippen molar-refractivity contribution in [3.63, 3.8) is 0 Å². The second-order valence-corrected chi connectivity index (χ2v) is 39.7. The average molecular weight is 1580 g/mol. The highest BCUT2D eigenvalue weighted by molar-refractivity contribution is 7.27. The lowest BCUT2D eigenvalue weighted by Crippen LogP contribution is -2.35. The molecule has 8 rings (SSSR count). The number of hydrogen-bond acceptors (Lipinski definition) is 6. The van der Waals surface area contributed by atoms with Crippen LogP contribution in [-0.4, -0.2) is 24.9 Å². The Morgan fingerprint density at radius 3 is 0.882 bits per heavy atom. The van der Waals surface area contributed by atoms with Crippen LogP contribution in [0.2, 0.25) is 0 Å². The van der Waals surface area contributed by atoms with Crippen LogP contribution in [0.4, 0.5) is 11.4 Å². The molecule has 2 aliphatic heterocycles. The number of benzene rings is 2. The monoisotopic (exact) mass is 1580 g/mol. The number of thiophene rings is 4. The third-order valence-electron chi connectivity index (χ3n) is 25.3. The van der Waals surface area contributed by atoms with Gasteiger partial charge in [-0.05, 0) is 147 Å². The van der Waals surface area contributed by atoms with E-state index in [-0.39, 0.29) is 11.8 Å². The van der Waals surface area contributed by atoms with Gasteiger partial charge in [0.15, 0.2) is 0 Å². The summed E-state index contributed by atoms with van der Waals surface area (Å²) in [4.78, 5) is 44.4. The van der Waals surface area contributed by atoms with Gasteiger partial charge >= 0.3 is 0 Å². The molecule has 0 radical (unpaired) electrons. The van der Waals surface area contributed by atoms with E-state index in [4.69, 9.17) is 0 Å². The van der Waals surface area contributed by atoms with Gasteiger partial charge in [-0.15, -0.1) is 45.3 Å². The fraction of sp³-hybridized carbons (Fsp3) is 0.725. The molecule has 6 aromatic rings. The summed E-state index contributed by atoms with van der Waals surface area (Å²) < 4.78 is 3.07. The van der Waals surface area contributed by atoms with Gasteiger partial charge < -0.3 is 9.80 Å². The van der Waals surface area contributed by atoms with Crippen molar-refractivity contribution in [1.29, 1.82) is 0 Å². The second-order valence-electron chi connectivity index (χ2n) is 35.0. The molecule has 0 N–H and O–H groups in total. The van der Waals surface area contributed by atoms with Crippen molar-refractivity contribution >= 4 is 99.9 Å². The molecule has 2 aromatic carbocycles. The normalized spacial score (nSPS) is 13.7. The third kappa shape index (κ3) is 30.8. The van der Waals surface area contributed by atoms with Crippen molar-refractivity contribution in [3.8, 4) is 9.75 Å². The van der Waals surface area contributed by atoms with Crippen molar-refractivity contribution in [2.45, 2.75) is 453 Å². The molecule has 2 unspecified atom stereocenters. The largest absolute Gasteiger partial charge is 0.307 e. The van der Waals surface area contributed by atoms with Gasteiger partial charge in [-0.2, -0.15) is 0 Å². The van der Waals surface area contributed by atoms with E-state index in [0.29, 0.717) is 11.8 Å². The molecule has 2 atom stereocenters. The SMILES string of the molecule is CCCCCCCCCCCCc1c2cc(-c3ccc(C4=c5cc6c(cc5N(CC(CCCCCCCCCC)CCCCCCCCCCCC)C4=O)=C(c4ccc(C)s4)C(=O)N6CC(CCCCCCCCCC)CCCCCCCCCCCC)s3)sc2c(CCCCCCCCCCCC)c2cc(C)sc12. The number of anilines is 2. The van der Waals surface area contributed by atoms with Gasteiger partial charge in [-0.25, -0.2) is 0 Å². The highest BCUT2D eigenvalue weighted by Gasteiger charge is 2.38. The van der Waals surface area contributed by atoms with Gasteiger partial charge in [0, 0.05) is 62.2 Å². The van der Waals surface area contributed by atoms with Crippen molar-refractivity contribution in [2.24, 2.45) is 11.8 Å². The molecule has 0 spiro atoms. The minimum atomic E-state index is 0.167. The number of aryl methyl sites for hydroxylation is 4. The quantitative estimate of drug-likeness (QED) is 0.0357. The summed E-state index contributed by atoms with van der Waals surface area (Å²) in [6.07, 6.45) is 81.8. The lowest BCUT2D eigenvalue weighted by atomic mass is 9.93. The average Bonchev–Trinajstić information content (AvgIpc) is 1.57. The Morgan fingerprint density at radius 1 is 0.273 bits per heavy atom. The maximum atomic E-state index is 16.5. The first-order valence-electron chi connectivity index (χ1n) is 47.8. The standard InChI is InChI=1S/C102H162N2O2S4/c1-9-15-21-27-33-39-43-49-55-61-67-83(65-59-53-47-37-31-25-19-13-5)79-103-91-77-90-92(76-89(91)97(101(103)105)94-72-71-81(7)107-94)104(80-84(66-60-54-48-38-32-26-20-14-6)68-62-56-50-44-40-34-28-22-16-10-2)102(106)98(90)95-74-73-93(109-95)96-78-88-86(70-64-58-52-46-42-36-30-24-18-12-4)99-87(75-82(8)108-99)85(100(88)110-96)69-63-57-51-45-41-35-29-23-17-11-3/h71-78,83-84H,9-70,79-80H2,1-8H3. The Labute approximate surface area is 691 Å². The fourth-order valence-electron chi connectivity index (χ4n) is 18.5. The first-order valence-corrected chi connectivity index (χ1v) is 51.1. The van der Waals surface area contributed by atoms with Crippen LogP contribution >= 0.6 is 45.3 Å². The van der Waals surface area contributed by atoms with Crippen LogP contribution in [0.3, 0.4) is 0 Å². The molecule has 6 heterocycles. The van der Waals surface area contributed by atoms with Crippen molar-refractivity contribution in [2.75, 3.05) is 22.9 Å². The molecule has 2 aliphatic rings. The fourth-order valence-corrected chi connectivity index (χ4v) is 23.0. The molecule has 616 valence electrons. The zero-order valence-corrected chi connectivity index (χ0v) is 75.6. The number of nitrogens with zero attached hydrogens (tertiary/aromatic N) is 2. The summed E-state index contributed by atoms with van der Waals surface area (Å²) in [7, 11) is 0. The van der Waals surface area contributed by atoms with Gasteiger partial charge in [0.1, 0.15) is 0 Å². The summed E-state index contributed by atoms with van der Waals surface area (Å²) in [5, 5.41) is 5.12. The predicted octanol–water partition coefficient (Wildman–Crippen LogP) is 33.5. The van der Waals surface area contributed by atoms with E-state index < -0.39 is 0 Å². The van der Waals surface area contributed by atoms with E-state index in [1.54, 1.807) is 27.2 Å². The Bertz CT molecular complexity index is 3530. The molecular formula is C102H162N2O2S4. The van der Waals surface area contributed by atoms with Crippen LogP contribution in [0, 0.1) is 25.7 Å². The van der Waals surface area contributed by atoms with Gasteiger partial charge in [-0.1, -0.05) is 388 Å². The van der Waals surface area contributed by atoms with E-state index in [9.17, 15) is 0 Å². The first kappa shape index (κ1) is 92.0. The maximum absolute atomic E-state index is 16.5. The number of rotatable bonds is 69. The van der Waals surface area contributed by atoms with E-state index in [1.165, 1.54) is 414 Å². The van der Waals surface area contributed by atoms with E-state index >= 15 is 9.59 Å². The highest BCUT2D eigenvalue weighted by Crippen LogP contribution is 2.48. The molecule has 0 saturated carbocycles. The van der Waals surface area contributed by atoms with Crippen LogP contribution < -0.4 is 20.2 Å². The van der Waals surface area contributed by atoms with Crippen LogP contribution in [0.15, 0.2) is 48.5 Å². The lowest BCUT2D eigenvalue weighted by molar-refractivity contribution is -0.114. The van der Waals surface area contributed by atoms with Crippen LogP contribution in [0.25, 0.3) is 41.1 Å². The predicted molar refractivity (Wildman–Crippen MR) is 495 cm³/mol. The lowest BCUT2D eigenvalue weighted by Gasteiger charge is -2.27. The number of unbranched alkanes of at least 4 members (excludes halogenated alkanes) is 50. The second kappa shape index (κ2) is 55.1. The van der Waals surface area contributed by atoms with Crippen LogP contribution in [0.1, 0.15) is 457 Å². The molecule has 110 heavy (non-hydrogen) atoms. The van der Waals surface area contributed by atoms with Gasteiger partial charge in [0.05, 0.1) is 22.5 Å². The van der Waals surface area contributed by atoms with E-state index in [2.05, 4.69) is 136 Å². The van der Waals surface area contributed by atoms with Crippen molar-refractivity contribution in [1.82, 2.24) is 0 Å². The molecule has 0 saturated heterocycles. The number of fused-ring (bicyclic) bond motifs is 4. The molecule has 4 nitrogen and oxygen atoms in total. The summed E-state index contributed by atoms with van der Waals surface area (Å²) >= 11 is 7.73. The van der Waals surface area contributed by atoms with E-state index in [0.717, 1.165) is 75.1 Å². The summed E-state index contributed by atoms with van der Waals surface area (Å²) in [6, 6.07) is 19.1. The number of amides is 2. The van der Waals surface area contributed by atoms with Crippen LogP contribution in [-0.2, 0) is 22.4 Å². The highest BCUT2D eigenvalue weighted by atomic mass is 32.1. The third-order valence-corrected chi connectivity index (χ3v) is 29.9. The summed E-state index contributed by atoms with van der Waals surface area (Å²) in [5.74, 6) is 1.18. The molecule has 2 amide bonds. The number of carbonyl (C=O) groups excluding carboxylic acids is 2. The molecule has 0 aliphatic carbocycles. The smallest absolute Gasteiger partial charge is 0.260 e. The van der Waals surface area contributed by atoms with E-state index in [1.807, 2.05) is 11.3 Å². The van der Waals surface area contributed by atoms with Gasteiger partial charge in [0.2, 0.25) is 0 Å². The molecule has 8 heteroatoms. The zero-order valence-electron chi connectivity index (χ0n) is 72.4. The molecule has 0 fully saturated rings. The minimum absolute atomic E-state index is 0.167. The molecule has 4 aromatic heterocycles. The number of hydrogen-bond donors (Lipinski definition) is 0. The Kier molecular flexibility index (Phi) is 46.1. The van der Waals surface area contributed by atoms with Crippen molar-refractivity contribution < 1.29 is 9.59 Å². The Balaban J connectivity index is 1.17.